The number of rotatable bonds is 4. The third-order valence-electron chi connectivity index (χ3n) is 4.14. The van der Waals surface area contributed by atoms with Gasteiger partial charge in [-0.15, -0.1) is 0 Å². The molecular weight excluding hydrogens is 364 g/mol. The van der Waals surface area contributed by atoms with Crippen molar-refractivity contribution in [3.63, 3.8) is 0 Å². The molecule has 0 spiro atoms. The van der Waals surface area contributed by atoms with Crippen LogP contribution in [0.2, 0.25) is 0 Å². The van der Waals surface area contributed by atoms with E-state index in [2.05, 4.69) is 14.9 Å². The number of aromatic amines is 1. The highest BCUT2D eigenvalue weighted by atomic mass is 32.2. The van der Waals surface area contributed by atoms with Gasteiger partial charge in [-0.3, -0.25) is 9.89 Å². The van der Waals surface area contributed by atoms with Gasteiger partial charge in [0, 0.05) is 26.0 Å². The summed E-state index contributed by atoms with van der Waals surface area (Å²) >= 11 is 0. The first-order chi connectivity index (χ1) is 12.8. The van der Waals surface area contributed by atoms with Gasteiger partial charge in [0.1, 0.15) is 9.92 Å². The molecule has 2 heterocycles. The van der Waals surface area contributed by atoms with Crippen LogP contribution in [0.1, 0.15) is 5.69 Å². The highest BCUT2D eigenvalue weighted by molar-refractivity contribution is 7.90. The average molecular weight is 382 g/mol. The van der Waals surface area contributed by atoms with Gasteiger partial charge in [-0.1, -0.05) is 24.3 Å². The molecule has 0 aliphatic heterocycles. The van der Waals surface area contributed by atoms with Crippen molar-refractivity contribution in [3.8, 4) is 16.9 Å². The Morgan fingerprint density at radius 3 is 2.41 bits per heavy atom. The van der Waals surface area contributed by atoms with Crippen LogP contribution >= 0.6 is 0 Å². The molecule has 0 amide bonds. The third kappa shape index (κ3) is 3.28. The van der Waals surface area contributed by atoms with E-state index >= 15 is 0 Å². The SMILES string of the molecule is [C-]#[N+]c1ccc(-c2c(C)[nH]n(-c3ccc(S(=N)(=O)N(C)C)cn3)c2=O)cc1. The molecule has 1 atom stereocenters. The Kier molecular flexibility index (Phi) is 4.70. The van der Waals surface area contributed by atoms with E-state index in [1.165, 1.54) is 21.3 Å². The van der Waals surface area contributed by atoms with E-state index in [-0.39, 0.29) is 10.5 Å². The number of hydrogen-bond acceptors (Lipinski definition) is 4. The molecule has 0 fully saturated rings. The van der Waals surface area contributed by atoms with Crippen LogP contribution in [-0.2, 0) is 9.92 Å². The Labute approximate surface area is 157 Å². The fourth-order valence-corrected chi connectivity index (χ4v) is 3.50. The largest absolute Gasteiger partial charge is 0.293 e. The van der Waals surface area contributed by atoms with E-state index < -0.39 is 9.92 Å². The van der Waals surface area contributed by atoms with E-state index in [0.717, 1.165) is 0 Å². The summed E-state index contributed by atoms with van der Waals surface area (Å²) < 4.78 is 22.9. The summed E-state index contributed by atoms with van der Waals surface area (Å²) in [5.41, 5.74) is 2.10. The molecule has 0 saturated heterocycles. The monoisotopic (exact) mass is 382 g/mol. The quantitative estimate of drug-likeness (QED) is 0.679. The van der Waals surface area contributed by atoms with Crippen molar-refractivity contribution in [2.45, 2.75) is 11.8 Å². The molecule has 0 radical (unpaired) electrons. The minimum Gasteiger partial charge on any atom is -0.293 e. The number of aromatic nitrogens is 3. The minimum absolute atomic E-state index is 0.266. The second-order valence-corrected chi connectivity index (χ2v) is 8.35. The molecular formula is C18H18N6O2S. The first-order valence-electron chi connectivity index (χ1n) is 7.98. The predicted molar refractivity (Wildman–Crippen MR) is 103 cm³/mol. The second kappa shape index (κ2) is 6.83. The molecule has 3 rings (SSSR count). The van der Waals surface area contributed by atoms with Crippen LogP contribution in [0, 0.1) is 18.3 Å². The standard InChI is InChI=1S/C18H18N6O2S/c1-12-17(13-5-7-14(20-2)8-6-13)18(25)24(22-12)16-10-9-15(11-21-16)27(19,26)23(3)4/h5-11,19,22H,1,3-4H3. The summed E-state index contributed by atoms with van der Waals surface area (Å²) in [6.45, 7) is 8.80. The van der Waals surface area contributed by atoms with Crippen molar-refractivity contribution >= 4 is 15.6 Å². The molecule has 138 valence electrons. The Bertz CT molecular complexity index is 1180. The van der Waals surface area contributed by atoms with Gasteiger partial charge in [-0.05, 0) is 24.6 Å². The third-order valence-corrected chi connectivity index (χ3v) is 6.05. The molecule has 9 heteroatoms. The Balaban J connectivity index is 2.04. The number of benzene rings is 1. The predicted octanol–water partition coefficient (Wildman–Crippen LogP) is 2.97. The lowest BCUT2D eigenvalue weighted by Crippen LogP contribution is -2.21. The lowest BCUT2D eigenvalue weighted by molar-refractivity contribution is 0.588. The topological polar surface area (TPSA) is 99.2 Å². The Hall–Kier alpha value is -3.22. The lowest BCUT2D eigenvalue weighted by atomic mass is 10.1. The lowest BCUT2D eigenvalue weighted by Gasteiger charge is -2.14. The van der Waals surface area contributed by atoms with Gasteiger partial charge in [0.25, 0.3) is 5.56 Å². The van der Waals surface area contributed by atoms with Crippen LogP contribution in [0.15, 0.2) is 52.3 Å². The van der Waals surface area contributed by atoms with Gasteiger partial charge in [-0.25, -0.2) is 27.8 Å². The molecule has 1 aromatic carbocycles. The minimum atomic E-state index is -3.09. The van der Waals surface area contributed by atoms with Gasteiger partial charge < -0.3 is 0 Å². The summed E-state index contributed by atoms with van der Waals surface area (Å²) in [7, 11) is 0.0368. The zero-order chi connectivity index (χ0) is 19.8. The zero-order valence-corrected chi connectivity index (χ0v) is 15.9. The van der Waals surface area contributed by atoms with Gasteiger partial charge in [0.05, 0.1) is 17.0 Å². The number of H-pyrrole nitrogens is 1. The van der Waals surface area contributed by atoms with E-state index in [1.807, 2.05) is 0 Å². The molecule has 0 bridgehead atoms. The number of nitrogens with zero attached hydrogens (tertiary/aromatic N) is 4. The summed E-state index contributed by atoms with van der Waals surface area (Å²) in [5.74, 6) is 0.338. The van der Waals surface area contributed by atoms with Gasteiger partial charge in [0.15, 0.2) is 11.5 Å². The van der Waals surface area contributed by atoms with Crippen LogP contribution in [0.3, 0.4) is 0 Å². The first-order valence-corrected chi connectivity index (χ1v) is 9.49. The number of pyridine rings is 1. The normalized spacial score (nSPS) is 13.3. The molecule has 27 heavy (non-hydrogen) atoms. The van der Waals surface area contributed by atoms with E-state index in [9.17, 15) is 9.00 Å². The molecule has 1 unspecified atom stereocenters. The average Bonchev–Trinajstić information content (AvgIpc) is 2.96. The molecule has 0 aliphatic rings. The molecule has 3 aromatic rings. The maximum atomic E-state index is 12.9. The molecule has 2 aromatic heterocycles. The highest BCUT2D eigenvalue weighted by Crippen LogP contribution is 2.23. The van der Waals surface area contributed by atoms with Crippen LogP contribution in [0.4, 0.5) is 5.69 Å². The zero-order valence-electron chi connectivity index (χ0n) is 15.1. The van der Waals surface area contributed by atoms with Gasteiger partial charge >= 0.3 is 0 Å². The molecule has 2 N–H and O–H groups in total. The van der Waals surface area contributed by atoms with Crippen molar-refractivity contribution in [1.82, 2.24) is 19.1 Å². The van der Waals surface area contributed by atoms with Gasteiger partial charge in [0.2, 0.25) is 0 Å². The van der Waals surface area contributed by atoms with Crippen molar-refractivity contribution in [3.05, 3.63) is 70.1 Å². The fourth-order valence-electron chi connectivity index (χ4n) is 2.63. The first kappa shape index (κ1) is 18.6. The van der Waals surface area contributed by atoms with Gasteiger partial charge in [-0.2, -0.15) is 0 Å². The summed E-state index contributed by atoms with van der Waals surface area (Å²) in [6.07, 6.45) is 1.34. The molecule has 0 saturated carbocycles. The molecule has 0 aliphatic carbocycles. The van der Waals surface area contributed by atoms with E-state index in [4.69, 9.17) is 11.4 Å². The summed E-state index contributed by atoms with van der Waals surface area (Å²) in [4.78, 5) is 20.7. The fraction of sp³-hybridized carbons (Fsp3) is 0.167. The summed E-state index contributed by atoms with van der Waals surface area (Å²) in [6, 6.07) is 9.88. The van der Waals surface area contributed by atoms with Crippen LogP contribution in [0.25, 0.3) is 21.8 Å². The smallest absolute Gasteiger partial charge is 0.280 e. The van der Waals surface area contributed by atoms with Crippen LogP contribution in [0.5, 0.6) is 0 Å². The maximum Gasteiger partial charge on any atom is 0.280 e. The van der Waals surface area contributed by atoms with E-state index in [0.29, 0.717) is 28.3 Å². The van der Waals surface area contributed by atoms with Crippen molar-refractivity contribution in [2.24, 2.45) is 0 Å². The van der Waals surface area contributed by atoms with E-state index in [1.54, 1.807) is 51.4 Å². The highest BCUT2D eigenvalue weighted by Gasteiger charge is 2.17. The number of hydrogen-bond donors (Lipinski definition) is 2. The Morgan fingerprint density at radius 1 is 1.22 bits per heavy atom. The molecule has 8 nitrogen and oxygen atoms in total. The van der Waals surface area contributed by atoms with Crippen LogP contribution in [-0.4, -0.2) is 37.4 Å². The number of nitrogens with one attached hydrogen (secondary N) is 2. The number of aryl methyl sites for hydroxylation is 1. The maximum absolute atomic E-state index is 12.9. The second-order valence-electron chi connectivity index (χ2n) is 6.10. The van der Waals surface area contributed by atoms with Crippen molar-refractivity contribution < 1.29 is 4.21 Å². The van der Waals surface area contributed by atoms with Crippen molar-refractivity contribution in [1.29, 1.82) is 4.78 Å². The Morgan fingerprint density at radius 2 is 1.89 bits per heavy atom. The van der Waals surface area contributed by atoms with Crippen LogP contribution < -0.4 is 5.56 Å². The van der Waals surface area contributed by atoms with Crippen molar-refractivity contribution in [2.75, 3.05) is 14.1 Å². The summed E-state index contributed by atoms with van der Waals surface area (Å²) in [5, 5.41) is 2.99.